The van der Waals surface area contributed by atoms with Gasteiger partial charge in [-0.3, -0.25) is 9.59 Å². The minimum absolute atomic E-state index is 0.143. The van der Waals surface area contributed by atoms with Gasteiger partial charge in [0.05, 0.1) is 5.92 Å². The molecule has 0 aromatic carbocycles. The van der Waals surface area contributed by atoms with Crippen LogP contribution in [0.3, 0.4) is 0 Å². The molecule has 1 unspecified atom stereocenters. The number of hydrogen-bond donors (Lipinski definition) is 2. The SMILES string of the molecule is Cc1cc(NC(=O)CCN2CCCC(C(=O)O)C2)no1. The van der Waals surface area contributed by atoms with Crippen LogP contribution in [0.25, 0.3) is 0 Å². The molecular weight excluding hydrogens is 262 g/mol. The molecule has 0 radical (unpaired) electrons. The molecule has 1 saturated heterocycles. The number of rotatable bonds is 5. The summed E-state index contributed by atoms with van der Waals surface area (Å²) in [6.07, 6.45) is 1.90. The minimum Gasteiger partial charge on any atom is -0.481 e. The molecule has 1 aliphatic heterocycles. The van der Waals surface area contributed by atoms with Crippen molar-refractivity contribution in [2.24, 2.45) is 5.92 Å². The van der Waals surface area contributed by atoms with E-state index < -0.39 is 5.97 Å². The Morgan fingerprint density at radius 1 is 1.60 bits per heavy atom. The zero-order chi connectivity index (χ0) is 14.5. The molecule has 1 fully saturated rings. The molecule has 2 heterocycles. The maximum absolute atomic E-state index is 11.7. The summed E-state index contributed by atoms with van der Waals surface area (Å²) in [4.78, 5) is 24.7. The van der Waals surface area contributed by atoms with Gasteiger partial charge < -0.3 is 19.8 Å². The first-order chi connectivity index (χ1) is 9.54. The van der Waals surface area contributed by atoms with Gasteiger partial charge in [0.2, 0.25) is 5.91 Å². The van der Waals surface area contributed by atoms with Crippen molar-refractivity contribution in [3.63, 3.8) is 0 Å². The number of aryl methyl sites for hydroxylation is 1. The lowest BCUT2D eigenvalue weighted by Crippen LogP contribution is -2.40. The molecule has 1 aromatic rings. The lowest BCUT2D eigenvalue weighted by atomic mass is 9.98. The van der Waals surface area contributed by atoms with Crippen LogP contribution < -0.4 is 5.32 Å². The second-order valence-corrected chi connectivity index (χ2v) is 5.10. The summed E-state index contributed by atoms with van der Waals surface area (Å²) in [6, 6.07) is 1.65. The van der Waals surface area contributed by atoms with Gasteiger partial charge in [0.15, 0.2) is 5.82 Å². The molecule has 2 N–H and O–H groups in total. The molecule has 110 valence electrons. The predicted octanol–water partition coefficient (Wildman–Crippen LogP) is 1.11. The number of carboxylic acid groups (broad SMARTS) is 1. The van der Waals surface area contributed by atoms with Crippen molar-refractivity contribution in [1.82, 2.24) is 10.1 Å². The van der Waals surface area contributed by atoms with Gasteiger partial charge in [-0.15, -0.1) is 0 Å². The van der Waals surface area contributed by atoms with E-state index >= 15 is 0 Å². The van der Waals surface area contributed by atoms with E-state index in [0.717, 1.165) is 19.4 Å². The number of carbonyl (C=O) groups is 2. The molecule has 7 nitrogen and oxygen atoms in total. The lowest BCUT2D eigenvalue weighted by Gasteiger charge is -2.30. The molecule has 0 bridgehead atoms. The Morgan fingerprint density at radius 2 is 2.40 bits per heavy atom. The number of nitrogens with zero attached hydrogens (tertiary/aromatic N) is 2. The van der Waals surface area contributed by atoms with Gasteiger partial charge in [0.1, 0.15) is 5.76 Å². The summed E-state index contributed by atoms with van der Waals surface area (Å²) in [5.41, 5.74) is 0. The smallest absolute Gasteiger partial charge is 0.307 e. The molecular formula is C13H19N3O4. The standard InChI is InChI=1S/C13H19N3O4/c1-9-7-11(15-20-9)14-12(17)4-6-16-5-2-3-10(8-16)13(18)19/h7,10H,2-6,8H2,1H3,(H,18,19)(H,14,15,17). The third kappa shape index (κ3) is 4.06. The number of anilines is 1. The fraction of sp³-hybridized carbons (Fsp3) is 0.615. The highest BCUT2D eigenvalue weighted by Crippen LogP contribution is 2.16. The second-order valence-electron chi connectivity index (χ2n) is 5.10. The van der Waals surface area contributed by atoms with Crippen LogP contribution in [0.2, 0.25) is 0 Å². The van der Waals surface area contributed by atoms with Crippen LogP contribution in [0.1, 0.15) is 25.0 Å². The number of likely N-dealkylation sites (tertiary alicyclic amines) is 1. The van der Waals surface area contributed by atoms with Gasteiger partial charge in [-0.2, -0.15) is 0 Å². The number of aliphatic carboxylic acids is 1. The van der Waals surface area contributed by atoms with Crippen LogP contribution in [0.15, 0.2) is 10.6 Å². The Kier molecular flexibility index (Phi) is 4.73. The highest BCUT2D eigenvalue weighted by atomic mass is 16.5. The summed E-state index contributed by atoms with van der Waals surface area (Å²) in [5, 5.41) is 15.3. The van der Waals surface area contributed by atoms with Crippen LogP contribution in [-0.2, 0) is 9.59 Å². The zero-order valence-electron chi connectivity index (χ0n) is 11.5. The van der Waals surface area contributed by atoms with Crippen LogP contribution in [0.5, 0.6) is 0 Å². The largest absolute Gasteiger partial charge is 0.481 e. The molecule has 1 amide bonds. The number of piperidine rings is 1. The number of amides is 1. The van der Waals surface area contributed by atoms with E-state index in [0.29, 0.717) is 31.1 Å². The van der Waals surface area contributed by atoms with E-state index in [2.05, 4.69) is 10.5 Å². The molecule has 0 spiro atoms. The summed E-state index contributed by atoms with van der Waals surface area (Å²) < 4.78 is 4.86. The maximum Gasteiger partial charge on any atom is 0.307 e. The van der Waals surface area contributed by atoms with Crippen LogP contribution in [-0.4, -0.2) is 46.7 Å². The fourth-order valence-electron chi connectivity index (χ4n) is 2.35. The number of nitrogens with one attached hydrogen (secondary N) is 1. The minimum atomic E-state index is -0.753. The van der Waals surface area contributed by atoms with E-state index in [1.165, 1.54) is 0 Å². The highest BCUT2D eigenvalue weighted by Gasteiger charge is 2.25. The first kappa shape index (κ1) is 14.5. The molecule has 1 aliphatic rings. The summed E-state index contributed by atoms with van der Waals surface area (Å²) in [6.45, 7) is 3.68. The molecule has 7 heteroatoms. The van der Waals surface area contributed by atoms with Crippen molar-refractivity contribution < 1.29 is 19.2 Å². The Balaban J connectivity index is 1.74. The van der Waals surface area contributed by atoms with Crippen LogP contribution >= 0.6 is 0 Å². The quantitative estimate of drug-likeness (QED) is 0.839. The molecule has 20 heavy (non-hydrogen) atoms. The Labute approximate surface area is 116 Å². The van der Waals surface area contributed by atoms with E-state index in [-0.39, 0.29) is 11.8 Å². The van der Waals surface area contributed by atoms with Gasteiger partial charge >= 0.3 is 5.97 Å². The van der Waals surface area contributed by atoms with Gasteiger partial charge in [-0.1, -0.05) is 5.16 Å². The number of carbonyl (C=O) groups excluding carboxylic acids is 1. The van der Waals surface area contributed by atoms with Gasteiger partial charge in [0.25, 0.3) is 0 Å². The normalized spacial score (nSPS) is 19.8. The molecule has 0 aliphatic carbocycles. The number of aromatic nitrogens is 1. The Hall–Kier alpha value is -1.89. The molecule has 1 atom stereocenters. The first-order valence-electron chi connectivity index (χ1n) is 6.73. The van der Waals surface area contributed by atoms with Gasteiger partial charge in [-0.25, -0.2) is 0 Å². The van der Waals surface area contributed by atoms with Crippen molar-refractivity contribution in [2.45, 2.75) is 26.2 Å². The fourth-order valence-corrected chi connectivity index (χ4v) is 2.35. The summed E-state index contributed by atoms with van der Waals surface area (Å²) in [5.74, 6) is -0.159. The Bertz CT molecular complexity index is 486. The van der Waals surface area contributed by atoms with Crippen molar-refractivity contribution in [2.75, 3.05) is 25.0 Å². The van der Waals surface area contributed by atoms with Crippen molar-refractivity contribution in [1.29, 1.82) is 0 Å². The Morgan fingerprint density at radius 3 is 3.05 bits per heavy atom. The van der Waals surface area contributed by atoms with E-state index in [4.69, 9.17) is 9.63 Å². The molecule has 0 saturated carbocycles. The number of carboxylic acids is 1. The molecule has 1 aromatic heterocycles. The zero-order valence-corrected chi connectivity index (χ0v) is 11.5. The molecule has 2 rings (SSSR count). The van der Waals surface area contributed by atoms with E-state index in [9.17, 15) is 9.59 Å². The van der Waals surface area contributed by atoms with Crippen molar-refractivity contribution in [3.8, 4) is 0 Å². The third-order valence-corrected chi connectivity index (χ3v) is 3.41. The van der Waals surface area contributed by atoms with Gasteiger partial charge in [-0.05, 0) is 26.3 Å². The van der Waals surface area contributed by atoms with Crippen molar-refractivity contribution in [3.05, 3.63) is 11.8 Å². The monoisotopic (exact) mass is 281 g/mol. The highest BCUT2D eigenvalue weighted by molar-refractivity contribution is 5.89. The average molecular weight is 281 g/mol. The average Bonchev–Trinajstić information content (AvgIpc) is 2.82. The number of hydrogen-bond acceptors (Lipinski definition) is 5. The van der Waals surface area contributed by atoms with E-state index in [1.54, 1.807) is 13.0 Å². The maximum atomic E-state index is 11.7. The van der Waals surface area contributed by atoms with Crippen LogP contribution in [0.4, 0.5) is 5.82 Å². The second kappa shape index (κ2) is 6.51. The third-order valence-electron chi connectivity index (χ3n) is 3.41. The predicted molar refractivity (Wildman–Crippen MR) is 71.3 cm³/mol. The summed E-state index contributed by atoms with van der Waals surface area (Å²) >= 11 is 0. The first-order valence-corrected chi connectivity index (χ1v) is 6.73. The van der Waals surface area contributed by atoms with E-state index in [1.807, 2.05) is 4.90 Å². The van der Waals surface area contributed by atoms with Gasteiger partial charge in [0, 0.05) is 25.6 Å². The topological polar surface area (TPSA) is 95.7 Å². The lowest BCUT2D eigenvalue weighted by molar-refractivity contribution is -0.143. The summed E-state index contributed by atoms with van der Waals surface area (Å²) in [7, 11) is 0. The van der Waals surface area contributed by atoms with Crippen molar-refractivity contribution >= 4 is 17.7 Å². The van der Waals surface area contributed by atoms with Crippen LogP contribution in [0, 0.1) is 12.8 Å².